The number of nitrogens with zero attached hydrogens (tertiary/aromatic N) is 2. The summed E-state index contributed by atoms with van der Waals surface area (Å²) >= 11 is 0. The summed E-state index contributed by atoms with van der Waals surface area (Å²) in [4.78, 5) is 42.0. The van der Waals surface area contributed by atoms with Crippen LogP contribution in [0.2, 0.25) is 0 Å². The Morgan fingerprint density at radius 2 is 1.69 bits per heavy atom. The second-order valence-electron chi connectivity index (χ2n) is 6.62. The lowest BCUT2D eigenvalue weighted by Gasteiger charge is -2.14. The largest absolute Gasteiger partial charge is 0.497 e. The van der Waals surface area contributed by atoms with Crippen LogP contribution < -0.4 is 25.7 Å². The Labute approximate surface area is 182 Å². The number of benzene rings is 2. The van der Waals surface area contributed by atoms with E-state index in [1.807, 2.05) is 0 Å². The Balaban J connectivity index is 1.99. The first-order valence-electron chi connectivity index (χ1n) is 9.47. The van der Waals surface area contributed by atoms with Crippen LogP contribution in [0.3, 0.4) is 0 Å². The molecule has 10 heteroatoms. The minimum atomic E-state index is -0.711. The number of methoxy groups -OCH3 is 2. The van der Waals surface area contributed by atoms with Gasteiger partial charge in [-0.05, 0) is 24.3 Å². The lowest BCUT2D eigenvalue weighted by molar-refractivity contribution is -0.116. The highest BCUT2D eigenvalue weighted by molar-refractivity contribution is 5.94. The predicted octanol–water partition coefficient (Wildman–Crippen LogP) is 2.06. The number of carbonyl (C=O) groups excluding carboxylic acids is 2. The van der Waals surface area contributed by atoms with Crippen molar-refractivity contribution in [3.63, 3.8) is 0 Å². The topological polar surface area (TPSA) is 112 Å². The van der Waals surface area contributed by atoms with Crippen LogP contribution in [-0.2, 0) is 11.3 Å². The molecule has 0 unspecified atom stereocenters. The van der Waals surface area contributed by atoms with Gasteiger partial charge in [-0.2, -0.15) is 0 Å². The van der Waals surface area contributed by atoms with Gasteiger partial charge in [0.1, 0.15) is 35.2 Å². The highest BCUT2D eigenvalue weighted by atomic mass is 19.1. The summed E-state index contributed by atoms with van der Waals surface area (Å²) in [5.41, 5.74) is -0.146. The van der Waals surface area contributed by atoms with Gasteiger partial charge in [-0.1, -0.05) is 0 Å². The third-order valence-electron chi connectivity index (χ3n) is 4.56. The zero-order valence-electron chi connectivity index (χ0n) is 17.6. The van der Waals surface area contributed by atoms with E-state index in [-0.39, 0.29) is 11.4 Å². The van der Waals surface area contributed by atoms with Crippen molar-refractivity contribution < 1.29 is 23.5 Å². The average Bonchev–Trinajstić information content (AvgIpc) is 2.80. The van der Waals surface area contributed by atoms with E-state index in [1.54, 1.807) is 18.2 Å². The summed E-state index contributed by atoms with van der Waals surface area (Å²) < 4.78 is 24.8. The van der Waals surface area contributed by atoms with Crippen molar-refractivity contribution in [2.75, 3.05) is 26.6 Å². The number of aromatic nitrogens is 2. The van der Waals surface area contributed by atoms with Crippen LogP contribution in [0, 0.1) is 5.82 Å². The third kappa shape index (κ3) is 4.91. The molecule has 3 rings (SSSR count). The summed E-state index contributed by atoms with van der Waals surface area (Å²) in [5.74, 6) is -0.615. The maximum Gasteiger partial charge on any atom is 0.267 e. The molecule has 32 heavy (non-hydrogen) atoms. The molecule has 0 aliphatic heterocycles. The number of ether oxygens (including phenoxy) is 2. The number of halogens is 1. The summed E-state index contributed by atoms with van der Waals surface area (Å²) in [6.07, 6.45) is 1.13. The molecule has 0 radical (unpaired) electrons. The molecule has 0 saturated heterocycles. The Kier molecular flexibility index (Phi) is 6.83. The molecule has 0 atom stereocenters. The number of nitrogens with one attached hydrogen (secondary N) is 2. The molecule has 0 spiro atoms. The van der Waals surface area contributed by atoms with Gasteiger partial charge in [0.2, 0.25) is 5.91 Å². The van der Waals surface area contributed by atoms with Gasteiger partial charge < -0.3 is 20.1 Å². The first-order valence-corrected chi connectivity index (χ1v) is 9.47. The van der Waals surface area contributed by atoms with Gasteiger partial charge in [-0.25, -0.2) is 9.37 Å². The molecule has 0 fully saturated rings. The Morgan fingerprint density at radius 1 is 1.06 bits per heavy atom. The lowest BCUT2D eigenvalue weighted by atomic mass is 10.2. The van der Waals surface area contributed by atoms with E-state index in [9.17, 15) is 18.8 Å². The number of hydrogen-bond donors (Lipinski definition) is 2. The monoisotopic (exact) mass is 440 g/mol. The van der Waals surface area contributed by atoms with Crippen LogP contribution in [0.4, 0.5) is 10.1 Å². The van der Waals surface area contributed by atoms with Gasteiger partial charge >= 0.3 is 0 Å². The maximum absolute atomic E-state index is 13.3. The second kappa shape index (κ2) is 9.73. The molecule has 0 bridgehead atoms. The number of amides is 2. The highest BCUT2D eigenvalue weighted by Gasteiger charge is 2.19. The second-order valence-corrected chi connectivity index (χ2v) is 6.62. The van der Waals surface area contributed by atoms with Crippen molar-refractivity contribution in [3.8, 4) is 22.9 Å². The van der Waals surface area contributed by atoms with Gasteiger partial charge in [0.15, 0.2) is 0 Å². The summed E-state index contributed by atoms with van der Waals surface area (Å²) in [6, 6.07) is 10.1. The molecule has 1 heterocycles. The van der Waals surface area contributed by atoms with Crippen LogP contribution in [0.15, 0.2) is 53.5 Å². The van der Waals surface area contributed by atoms with E-state index in [2.05, 4.69) is 15.6 Å². The number of carbonyl (C=O) groups is 2. The van der Waals surface area contributed by atoms with Crippen LogP contribution in [0.25, 0.3) is 11.4 Å². The molecule has 9 nitrogen and oxygen atoms in total. The average molecular weight is 440 g/mol. The molecular weight excluding hydrogens is 419 g/mol. The molecule has 166 valence electrons. The summed E-state index contributed by atoms with van der Waals surface area (Å²) in [6.45, 7) is -0.442. The van der Waals surface area contributed by atoms with Crippen molar-refractivity contribution in [2.24, 2.45) is 0 Å². The normalized spacial score (nSPS) is 10.4. The highest BCUT2D eigenvalue weighted by Crippen LogP contribution is 2.26. The number of rotatable bonds is 7. The van der Waals surface area contributed by atoms with Crippen LogP contribution in [0.5, 0.6) is 11.5 Å². The van der Waals surface area contributed by atoms with Crippen LogP contribution in [0.1, 0.15) is 10.4 Å². The van der Waals surface area contributed by atoms with E-state index in [1.165, 1.54) is 45.5 Å². The molecule has 1 aromatic heterocycles. The molecular formula is C22H21FN4O5. The van der Waals surface area contributed by atoms with Gasteiger partial charge in [-0.15, -0.1) is 0 Å². The van der Waals surface area contributed by atoms with Gasteiger partial charge in [0, 0.05) is 42.7 Å². The van der Waals surface area contributed by atoms with E-state index >= 15 is 0 Å². The van der Waals surface area contributed by atoms with Crippen LogP contribution >= 0.6 is 0 Å². The van der Waals surface area contributed by atoms with Crippen molar-refractivity contribution in [3.05, 3.63) is 70.4 Å². The van der Waals surface area contributed by atoms with Gasteiger partial charge in [0.25, 0.3) is 11.5 Å². The SMILES string of the molecule is CNC(=O)c1cnc(-c2ccc(F)cc2)n(CC(=O)Nc2cc(OC)cc(OC)c2)c1=O. The van der Waals surface area contributed by atoms with E-state index in [4.69, 9.17) is 9.47 Å². The first kappa shape index (κ1) is 22.5. The molecule has 2 aromatic carbocycles. The zero-order chi connectivity index (χ0) is 23.3. The van der Waals surface area contributed by atoms with Crippen molar-refractivity contribution in [1.29, 1.82) is 0 Å². The molecule has 0 aliphatic carbocycles. The molecule has 0 saturated carbocycles. The van der Waals surface area contributed by atoms with Gasteiger partial charge in [0.05, 0.1) is 14.2 Å². The van der Waals surface area contributed by atoms with Crippen LogP contribution in [-0.4, -0.2) is 42.6 Å². The standard InChI is InChI=1S/C22H21FN4O5/c1-24-21(29)18-11-25-20(13-4-6-14(23)7-5-13)27(22(18)30)12-19(28)26-15-8-16(31-2)10-17(9-15)32-3/h4-11H,12H2,1-3H3,(H,24,29)(H,26,28). The Bertz CT molecular complexity index is 1190. The number of anilines is 1. The Morgan fingerprint density at radius 3 is 2.25 bits per heavy atom. The van der Waals surface area contributed by atoms with E-state index < -0.39 is 29.7 Å². The molecule has 3 aromatic rings. The zero-order valence-corrected chi connectivity index (χ0v) is 17.6. The fourth-order valence-corrected chi connectivity index (χ4v) is 2.98. The summed E-state index contributed by atoms with van der Waals surface area (Å²) in [5, 5.41) is 5.03. The van der Waals surface area contributed by atoms with Crippen molar-refractivity contribution in [1.82, 2.24) is 14.9 Å². The fraction of sp³-hybridized carbons (Fsp3) is 0.182. The minimum absolute atomic E-state index is 0.112. The van der Waals surface area contributed by atoms with Gasteiger partial charge in [-0.3, -0.25) is 19.0 Å². The molecule has 2 N–H and O–H groups in total. The quantitative estimate of drug-likeness (QED) is 0.582. The fourth-order valence-electron chi connectivity index (χ4n) is 2.98. The first-order chi connectivity index (χ1) is 15.4. The summed E-state index contributed by atoms with van der Waals surface area (Å²) in [7, 11) is 4.33. The Hall–Kier alpha value is -4.21. The minimum Gasteiger partial charge on any atom is -0.497 e. The molecule has 0 aliphatic rings. The smallest absolute Gasteiger partial charge is 0.267 e. The predicted molar refractivity (Wildman–Crippen MR) is 115 cm³/mol. The van der Waals surface area contributed by atoms with Crippen molar-refractivity contribution >= 4 is 17.5 Å². The maximum atomic E-state index is 13.3. The molecule has 2 amide bonds. The number of hydrogen-bond acceptors (Lipinski definition) is 6. The van der Waals surface area contributed by atoms with E-state index in [0.717, 1.165) is 10.8 Å². The third-order valence-corrected chi connectivity index (χ3v) is 4.56. The lowest BCUT2D eigenvalue weighted by Crippen LogP contribution is -2.35. The van der Waals surface area contributed by atoms with Crippen molar-refractivity contribution in [2.45, 2.75) is 6.54 Å². The van der Waals surface area contributed by atoms with E-state index in [0.29, 0.717) is 22.7 Å².